The molecular formula is C14H26O3Si. The van der Waals surface area contributed by atoms with E-state index in [2.05, 4.69) is 19.1 Å². The second-order valence-electron chi connectivity index (χ2n) is 4.19. The Labute approximate surface area is 112 Å². The summed E-state index contributed by atoms with van der Waals surface area (Å²) in [7, 11) is -2.67. The monoisotopic (exact) mass is 270 g/mol. The lowest BCUT2D eigenvalue weighted by Gasteiger charge is -2.30. The van der Waals surface area contributed by atoms with Gasteiger partial charge in [-0.05, 0) is 39.2 Å². The van der Waals surface area contributed by atoms with Crippen LogP contribution in [0, 0.1) is 0 Å². The van der Waals surface area contributed by atoms with Crippen molar-refractivity contribution in [2.24, 2.45) is 0 Å². The molecule has 0 aromatic rings. The molecule has 0 aromatic heterocycles. The van der Waals surface area contributed by atoms with Gasteiger partial charge >= 0.3 is 8.80 Å². The van der Waals surface area contributed by atoms with Gasteiger partial charge in [0.2, 0.25) is 0 Å². The molecule has 0 heterocycles. The largest absolute Gasteiger partial charge is 0.537 e. The maximum Gasteiger partial charge on any atom is 0.537 e. The standard InChI is InChI=1S/C14H26O3Si/c1-5-10-13-11-9-12-14(13)18(15-6-2,16-7-3)17-8-4/h11-12H,5-10H2,1-4H3. The lowest BCUT2D eigenvalue weighted by Crippen LogP contribution is -2.48. The summed E-state index contributed by atoms with van der Waals surface area (Å²) in [5.41, 5.74) is 1.36. The Balaban J connectivity index is 2.97. The first kappa shape index (κ1) is 15.6. The van der Waals surface area contributed by atoms with Crippen LogP contribution in [-0.4, -0.2) is 28.6 Å². The molecule has 1 rings (SSSR count). The van der Waals surface area contributed by atoms with Gasteiger partial charge < -0.3 is 13.3 Å². The fourth-order valence-corrected chi connectivity index (χ4v) is 5.16. The summed E-state index contributed by atoms with van der Waals surface area (Å²) in [6, 6.07) is 0. The Kier molecular flexibility index (Phi) is 6.85. The molecule has 1 aliphatic rings. The van der Waals surface area contributed by atoms with Gasteiger partial charge in [0.1, 0.15) is 0 Å². The van der Waals surface area contributed by atoms with E-state index in [4.69, 9.17) is 13.3 Å². The van der Waals surface area contributed by atoms with Crippen LogP contribution in [0.2, 0.25) is 0 Å². The molecule has 0 saturated heterocycles. The third-order valence-electron chi connectivity index (χ3n) is 2.88. The zero-order valence-electron chi connectivity index (χ0n) is 12.1. The van der Waals surface area contributed by atoms with Gasteiger partial charge in [-0.25, -0.2) is 0 Å². The third-order valence-corrected chi connectivity index (χ3v) is 6.08. The van der Waals surface area contributed by atoms with Crippen LogP contribution in [0.4, 0.5) is 0 Å². The summed E-state index contributed by atoms with van der Waals surface area (Å²) >= 11 is 0. The van der Waals surface area contributed by atoms with Gasteiger partial charge in [-0.1, -0.05) is 25.5 Å². The molecular weight excluding hydrogens is 244 g/mol. The molecule has 0 amide bonds. The van der Waals surface area contributed by atoms with Crippen LogP contribution in [0.25, 0.3) is 0 Å². The van der Waals surface area contributed by atoms with Crippen LogP contribution in [0.15, 0.2) is 22.9 Å². The third kappa shape index (κ3) is 3.54. The summed E-state index contributed by atoms with van der Waals surface area (Å²) in [6.45, 7) is 10.1. The average molecular weight is 270 g/mol. The first-order valence-corrected chi connectivity index (χ1v) is 8.78. The van der Waals surface area contributed by atoms with Gasteiger partial charge in [0.25, 0.3) is 0 Å². The Hall–Kier alpha value is -0.423. The van der Waals surface area contributed by atoms with Crippen LogP contribution in [0.5, 0.6) is 0 Å². The van der Waals surface area contributed by atoms with Crippen LogP contribution in [-0.2, 0) is 13.3 Å². The molecule has 0 spiro atoms. The van der Waals surface area contributed by atoms with Crippen LogP contribution < -0.4 is 0 Å². The molecule has 0 fully saturated rings. The number of hydrogen-bond acceptors (Lipinski definition) is 3. The normalized spacial score (nSPS) is 15.8. The second kappa shape index (κ2) is 7.89. The molecule has 0 saturated carbocycles. The van der Waals surface area contributed by atoms with E-state index in [1.165, 1.54) is 10.8 Å². The summed E-state index contributed by atoms with van der Waals surface area (Å²) < 4.78 is 17.9. The Morgan fingerprint density at radius 2 is 1.50 bits per heavy atom. The van der Waals surface area contributed by atoms with E-state index in [-0.39, 0.29) is 0 Å². The first-order chi connectivity index (χ1) is 8.74. The zero-order valence-corrected chi connectivity index (χ0v) is 13.1. The molecule has 104 valence electrons. The number of allylic oxidation sites excluding steroid dienone is 4. The molecule has 18 heavy (non-hydrogen) atoms. The molecule has 0 unspecified atom stereocenters. The van der Waals surface area contributed by atoms with Crippen LogP contribution in [0.1, 0.15) is 47.0 Å². The lowest BCUT2D eigenvalue weighted by molar-refractivity contribution is 0.0813. The van der Waals surface area contributed by atoms with Crippen molar-refractivity contribution >= 4 is 8.80 Å². The number of hydrogen-bond donors (Lipinski definition) is 0. The van der Waals surface area contributed by atoms with Crippen molar-refractivity contribution in [2.45, 2.75) is 47.0 Å². The van der Waals surface area contributed by atoms with Crippen molar-refractivity contribution in [2.75, 3.05) is 19.8 Å². The molecule has 3 nitrogen and oxygen atoms in total. The highest BCUT2D eigenvalue weighted by Gasteiger charge is 2.47. The quantitative estimate of drug-likeness (QED) is 0.599. The highest BCUT2D eigenvalue weighted by molar-refractivity contribution is 6.70. The molecule has 0 bridgehead atoms. The summed E-state index contributed by atoms with van der Waals surface area (Å²) in [5, 5.41) is 1.20. The fourth-order valence-electron chi connectivity index (χ4n) is 2.32. The SMILES string of the molecule is CCCC1=CCC=C1[Si](OCC)(OCC)OCC. The van der Waals surface area contributed by atoms with E-state index < -0.39 is 8.80 Å². The van der Waals surface area contributed by atoms with Gasteiger partial charge in [-0.15, -0.1) is 0 Å². The topological polar surface area (TPSA) is 27.7 Å². The van der Waals surface area contributed by atoms with Crippen molar-refractivity contribution in [3.63, 3.8) is 0 Å². The van der Waals surface area contributed by atoms with Crippen molar-refractivity contribution in [3.05, 3.63) is 22.9 Å². The van der Waals surface area contributed by atoms with Gasteiger partial charge in [0, 0.05) is 25.0 Å². The summed E-state index contributed by atoms with van der Waals surface area (Å²) in [6.07, 6.45) is 7.69. The van der Waals surface area contributed by atoms with Gasteiger partial charge in [0.05, 0.1) is 0 Å². The minimum atomic E-state index is -2.67. The van der Waals surface area contributed by atoms with E-state index in [9.17, 15) is 0 Å². The maximum absolute atomic E-state index is 5.96. The molecule has 0 aromatic carbocycles. The van der Waals surface area contributed by atoms with Gasteiger partial charge in [-0.2, -0.15) is 0 Å². The van der Waals surface area contributed by atoms with Crippen molar-refractivity contribution < 1.29 is 13.3 Å². The minimum Gasteiger partial charge on any atom is -0.370 e. The molecule has 0 atom stereocenters. The highest BCUT2D eigenvalue weighted by atomic mass is 28.4. The van der Waals surface area contributed by atoms with Crippen molar-refractivity contribution in [1.29, 1.82) is 0 Å². The Morgan fingerprint density at radius 3 is 1.94 bits per heavy atom. The minimum absolute atomic E-state index is 0.628. The van der Waals surface area contributed by atoms with E-state index in [1.54, 1.807) is 0 Å². The van der Waals surface area contributed by atoms with E-state index in [0.29, 0.717) is 19.8 Å². The molecule has 0 N–H and O–H groups in total. The van der Waals surface area contributed by atoms with E-state index in [0.717, 1.165) is 19.3 Å². The zero-order chi connectivity index (χ0) is 13.4. The smallest absolute Gasteiger partial charge is 0.370 e. The van der Waals surface area contributed by atoms with Crippen LogP contribution in [0.3, 0.4) is 0 Å². The van der Waals surface area contributed by atoms with E-state index >= 15 is 0 Å². The molecule has 1 aliphatic carbocycles. The summed E-state index contributed by atoms with van der Waals surface area (Å²) in [4.78, 5) is 0. The molecule has 0 radical (unpaired) electrons. The lowest BCUT2D eigenvalue weighted by atomic mass is 10.2. The Morgan fingerprint density at radius 1 is 0.944 bits per heavy atom. The van der Waals surface area contributed by atoms with E-state index in [1.807, 2.05) is 20.8 Å². The fraction of sp³-hybridized carbons (Fsp3) is 0.714. The summed E-state index contributed by atoms with van der Waals surface area (Å²) in [5.74, 6) is 0. The number of rotatable bonds is 9. The Bertz CT molecular complexity index is 293. The van der Waals surface area contributed by atoms with Crippen molar-refractivity contribution in [3.8, 4) is 0 Å². The van der Waals surface area contributed by atoms with Crippen molar-refractivity contribution in [1.82, 2.24) is 0 Å². The predicted octanol–water partition coefficient (Wildman–Crippen LogP) is 3.63. The maximum atomic E-state index is 5.96. The van der Waals surface area contributed by atoms with Gasteiger partial charge in [0.15, 0.2) is 0 Å². The highest BCUT2D eigenvalue weighted by Crippen LogP contribution is 2.33. The first-order valence-electron chi connectivity index (χ1n) is 7.05. The van der Waals surface area contributed by atoms with Gasteiger partial charge in [-0.3, -0.25) is 0 Å². The van der Waals surface area contributed by atoms with Crippen LogP contribution >= 0.6 is 0 Å². The predicted molar refractivity (Wildman–Crippen MR) is 76.3 cm³/mol. The molecule has 4 heteroatoms. The average Bonchev–Trinajstić information content (AvgIpc) is 2.79. The molecule has 0 aliphatic heterocycles. The second-order valence-corrected chi connectivity index (χ2v) is 6.71.